The van der Waals surface area contributed by atoms with E-state index in [1.165, 1.54) is 0 Å². The molecule has 0 aliphatic carbocycles. The molecule has 0 aromatic carbocycles. The van der Waals surface area contributed by atoms with Crippen LogP contribution in [-0.4, -0.2) is 48.1 Å². The van der Waals surface area contributed by atoms with Crippen LogP contribution in [0.4, 0.5) is 0 Å². The van der Waals surface area contributed by atoms with Gasteiger partial charge in [-0.15, -0.1) is 0 Å². The zero-order valence-corrected chi connectivity index (χ0v) is 4.68. The third-order valence-electron chi connectivity index (χ3n) is 1.28. The Kier molecular flexibility index (Phi) is 4.48. The SMILES string of the molecule is N[C@H]1CCNC(=O)C1.[NaH]. The molecule has 9 heavy (non-hydrogen) atoms. The van der Waals surface area contributed by atoms with Crippen LogP contribution in [-0.2, 0) is 4.79 Å². The Labute approximate surface area is 76.7 Å². The molecule has 1 aliphatic heterocycles. The molecule has 1 aliphatic rings. The number of carbonyl (C=O) groups is 1. The van der Waals surface area contributed by atoms with Crippen molar-refractivity contribution in [2.24, 2.45) is 5.73 Å². The van der Waals surface area contributed by atoms with Crippen molar-refractivity contribution in [1.82, 2.24) is 5.32 Å². The van der Waals surface area contributed by atoms with Crippen LogP contribution in [0.3, 0.4) is 0 Å². The summed E-state index contributed by atoms with van der Waals surface area (Å²) in [6.45, 7) is 0.750. The number of amides is 1. The fraction of sp³-hybridized carbons (Fsp3) is 0.800. The van der Waals surface area contributed by atoms with E-state index in [0.717, 1.165) is 13.0 Å². The molecule has 0 spiro atoms. The summed E-state index contributed by atoms with van der Waals surface area (Å²) < 4.78 is 0. The summed E-state index contributed by atoms with van der Waals surface area (Å²) >= 11 is 0. The van der Waals surface area contributed by atoms with Crippen LogP contribution in [0.25, 0.3) is 0 Å². The second kappa shape index (κ2) is 4.28. The van der Waals surface area contributed by atoms with Crippen molar-refractivity contribution in [3.63, 3.8) is 0 Å². The van der Waals surface area contributed by atoms with Crippen molar-refractivity contribution in [3.05, 3.63) is 0 Å². The quantitative estimate of drug-likeness (QED) is 0.403. The molecule has 1 amide bonds. The zero-order valence-electron chi connectivity index (χ0n) is 4.68. The Balaban J connectivity index is 0.000000640. The fourth-order valence-electron chi connectivity index (χ4n) is 0.809. The molecule has 0 saturated carbocycles. The first-order valence-electron chi connectivity index (χ1n) is 2.81. The van der Waals surface area contributed by atoms with Gasteiger partial charge in [-0.2, -0.15) is 0 Å². The van der Waals surface area contributed by atoms with Crippen molar-refractivity contribution in [2.75, 3.05) is 6.54 Å². The molecule has 0 radical (unpaired) electrons. The van der Waals surface area contributed by atoms with E-state index >= 15 is 0 Å². The predicted octanol–water partition coefficient (Wildman–Crippen LogP) is -1.42. The van der Waals surface area contributed by atoms with Crippen molar-refractivity contribution in [2.45, 2.75) is 18.9 Å². The number of hydrogen-bond donors (Lipinski definition) is 2. The van der Waals surface area contributed by atoms with Crippen molar-refractivity contribution < 1.29 is 4.79 Å². The number of nitrogens with one attached hydrogen (secondary N) is 1. The molecular weight excluding hydrogens is 127 g/mol. The first-order chi connectivity index (χ1) is 3.79. The topological polar surface area (TPSA) is 55.1 Å². The number of rotatable bonds is 0. The molecular formula is C5H11N2NaO. The Hall–Kier alpha value is 0.430. The van der Waals surface area contributed by atoms with E-state index in [2.05, 4.69) is 5.32 Å². The molecule has 0 aromatic heterocycles. The van der Waals surface area contributed by atoms with Gasteiger partial charge in [0.25, 0.3) is 0 Å². The molecule has 0 unspecified atom stereocenters. The first kappa shape index (κ1) is 9.43. The molecule has 4 heteroatoms. The minimum atomic E-state index is 0. The Morgan fingerprint density at radius 1 is 1.67 bits per heavy atom. The van der Waals surface area contributed by atoms with E-state index in [4.69, 9.17) is 5.73 Å². The summed E-state index contributed by atoms with van der Waals surface area (Å²) in [4.78, 5) is 10.5. The van der Waals surface area contributed by atoms with Crippen LogP contribution in [0.2, 0.25) is 0 Å². The molecule has 3 N–H and O–H groups in total. The predicted molar refractivity (Wildman–Crippen MR) is 37.4 cm³/mol. The van der Waals surface area contributed by atoms with Crippen LogP contribution in [0.5, 0.6) is 0 Å². The molecule has 48 valence electrons. The van der Waals surface area contributed by atoms with Gasteiger partial charge in [-0.3, -0.25) is 4.79 Å². The maximum absolute atomic E-state index is 10.5. The Morgan fingerprint density at radius 2 is 2.33 bits per heavy atom. The standard InChI is InChI=1S/C5H10N2O.Na.H/c6-4-1-2-7-5(8)3-4;;/h4H,1-3,6H2,(H,7,8);;/t4-;;/m0../s1. The van der Waals surface area contributed by atoms with E-state index in [1.807, 2.05) is 0 Å². The molecule has 1 heterocycles. The number of nitrogens with two attached hydrogens (primary N) is 1. The van der Waals surface area contributed by atoms with E-state index in [9.17, 15) is 4.79 Å². The van der Waals surface area contributed by atoms with Gasteiger partial charge in [-0.05, 0) is 6.42 Å². The monoisotopic (exact) mass is 138 g/mol. The van der Waals surface area contributed by atoms with Crippen LogP contribution < -0.4 is 11.1 Å². The summed E-state index contributed by atoms with van der Waals surface area (Å²) in [6, 6.07) is 0.101. The van der Waals surface area contributed by atoms with Crippen LogP contribution in [0.15, 0.2) is 0 Å². The van der Waals surface area contributed by atoms with Crippen molar-refractivity contribution in [1.29, 1.82) is 0 Å². The van der Waals surface area contributed by atoms with Crippen LogP contribution in [0, 0.1) is 0 Å². The summed E-state index contributed by atoms with van der Waals surface area (Å²) in [6.07, 6.45) is 1.42. The number of hydrogen-bond acceptors (Lipinski definition) is 2. The number of piperidine rings is 1. The molecule has 1 saturated heterocycles. The van der Waals surface area contributed by atoms with Gasteiger partial charge >= 0.3 is 29.6 Å². The van der Waals surface area contributed by atoms with E-state index in [-0.39, 0.29) is 41.5 Å². The van der Waals surface area contributed by atoms with Crippen molar-refractivity contribution >= 4 is 35.5 Å². The molecule has 1 fully saturated rings. The molecule has 0 aromatic rings. The van der Waals surface area contributed by atoms with Gasteiger partial charge in [-0.25, -0.2) is 0 Å². The van der Waals surface area contributed by atoms with Gasteiger partial charge in [0.15, 0.2) is 0 Å². The summed E-state index contributed by atoms with van der Waals surface area (Å²) in [7, 11) is 0. The van der Waals surface area contributed by atoms with E-state index < -0.39 is 0 Å². The average Bonchev–Trinajstić information content (AvgIpc) is 1.64. The average molecular weight is 138 g/mol. The van der Waals surface area contributed by atoms with Gasteiger partial charge in [0, 0.05) is 19.0 Å². The Morgan fingerprint density at radius 3 is 2.67 bits per heavy atom. The first-order valence-corrected chi connectivity index (χ1v) is 2.81. The zero-order chi connectivity index (χ0) is 5.98. The van der Waals surface area contributed by atoms with Crippen LogP contribution in [0.1, 0.15) is 12.8 Å². The molecule has 1 atom stereocenters. The maximum atomic E-state index is 10.5. The summed E-state index contributed by atoms with van der Waals surface area (Å²) in [5, 5.41) is 2.69. The van der Waals surface area contributed by atoms with Crippen LogP contribution >= 0.6 is 0 Å². The van der Waals surface area contributed by atoms with Gasteiger partial charge in [0.2, 0.25) is 5.91 Å². The third kappa shape index (κ3) is 3.20. The molecule has 3 nitrogen and oxygen atoms in total. The second-order valence-electron chi connectivity index (χ2n) is 2.10. The van der Waals surface area contributed by atoms with Gasteiger partial charge in [-0.1, -0.05) is 0 Å². The van der Waals surface area contributed by atoms with Crippen molar-refractivity contribution in [3.8, 4) is 0 Å². The van der Waals surface area contributed by atoms with Gasteiger partial charge in [0.1, 0.15) is 0 Å². The second-order valence-corrected chi connectivity index (χ2v) is 2.10. The minimum absolute atomic E-state index is 0. The number of carbonyl (C=O) groups excluding carboxylic acids is 1. The summed E-state index contributed by atoms with van der Waals surface area (Å²) in [5.41, 5.74) is 5.46. The van der Waals surface area contributed by atoms with Gasteiger partial charge in [0.05, 0.1) is 0 Å². The third-order valence-corrected chi connectivity index (χ3v) is 1.28. The fourth-order valence-corrected chi connectivity index (χ4v) is 0.809. The van der Waals surface area contributed by atoms with E-state index in [1.54, 1.807) is 0 Å². The molecule has 0 bridgehead atoms. The van der Waals surface area contributed by atoms with Gasteiger partial charge < -0.3 is 11.1 Å². The van der Waals surface area contributed by atoms with E-state index in [0.29, 0.717) is 6.42 Å². The normalized spacial score (nSPS) is 26.3. The molecule has 1 rings (SSSR count). The summed E-state index contributed by atoms with van der Waals surface area (Å²) in [5.74, 6) is 0.0868. The Bertz CT molecular complexity index is 107.